The lowest BCUT2D eigenvalue weighted by Gasteiger charge is -2.20. The Morgan fingerprint density at radius 1 is 1.53 bits per heavy atom. The maximum Gasteiger partial charge on any atom is 0.319 e. The SMILES string of the molecule is Cc1c(Cl)cccc1NC(=O)N[C@@H](C)[C@@H]1CCCO1. The molecule has 2 rings (SSSR count). The predicted molar refractivity (Wildman–Crippen MR) is 76.8 cm³/mol. The summed E-state index contributed by atoms with van der Waals surface area (Å²) in [5.41, 5.74) is 1.59. The molecule has 1 saturated heterocycles. The van der Waals surface area contributed by atoms with Crippen LogP contribution in [0.2, 0.25) is 5.02 Å². The molecule has 2 atom stereocenters. The average Bonchev–Trinajstić information content (AvgIpc) is 2.88. The van der Waals surface area contributed by atoms with Crippen molar-refractivity contribution in [3.8, 4) is 0 Å². The first-order valence-corrected chi connectivity index (χ1v) is 6.90. The zero-order valence-corrected chi connectivity index (χ0v) is 12.0. The first-order chi connectivity index (χ1) is 9.08. The second-order valence-corrected chi connectivity index (χ2v) is 5.26. The fourth-order valence-corrected chi connectivity index (χ4v) is 2.37. The zero-order chi connectivity index (χ0) is 13.8. The summed E-state index contributed by atoms with van der Waals surface area (Å²) >= 11 is 6.01. The summed E-state index contributed by atoms with van der Waals surface area (Å²) < 4.78 is 5.55. The van der Waals surface area contributed by atoms with Gasteiger partial charge in [0.15, 0.2) is 0 Å². The van der Waals surface area contributed by atoms with E-state index < -0.39 is 0 Å². The number of urea groups is 1. The van der Waals surface area contributed by atoms with Gasteiger partial charge in [0.25, 0.3) is 0 Å². The molecule has 1 aliphatic rings. The molecule has 1 fully saturated rings. The zero-order valence-electron chi connectivity index (χ0n) is 11.2. The summed E-state index contributed by atoms with van der Waals surface area (Å²) in [5.74, 6) is 0. The van der Waals surface area contributed by atoms with E-state index in [2.05, 4.69) is 10.6 Å². The van der Waals surface area contributed by atoms with Crippen molar-refractivity contribution in [3.05, 3.63) is 28.8 Å². The third-order valence-electron chi connectivity index (χ3n) is 3.40. The number of benzene rings is 1. The second-order valence-electron chi connectivity index (χ2n) is 4.85. The van der Waals surface area contributed by atoms with E-state index in [0.29, 0.717) is 5.02 Å². The molecule has 5 heteroatoms. The molecule has 0 unspecified atom stereocenters. The van der Waals surface area contributed by atoms with E-state index in [1.807, 2.05) is 26.0 Å². The van der Waals surface area contributed by atoms with Crippen LogP contribution in [-0.4, -0.2) is 24.8 Å². The number of carbonyl (C=O) groups is 1. The smallest absolute Gasteiger partial charge is 0.319 e. The van der Waals surface area contributed by atoms with Crippen LogP contribution in [0.5, 0.6) is 0 Å². The third kappa shape index (κ3) is 3.61. The lowest BCUT2D eigenvalue weighted by Crippen LogP contribution is -2.43. The Morgan fingerprint density at radius 2 is 2.32 bits per heavy atom. The first kappa shape index (κ1) is 14.2. The van der Waals surface area contributed by atoms with Gasteiger partial charge < -0.3 is 15.4 Å². The van der Waals surface area contributed by atoms with Gasteiger partial charge in [-0.2, -0.15) is 0 Å². The Morgan fingerprint density at radius 3 is 3.00 bits per heavy atom. The van der Waals surface area contributed by atoms with Gasteiger partial charge in [0, 0.05) is 17.3 Å². The van der Waals surface area contributed by atoms with Gasteiger partial charge in [-0.25, -0.2) is 4.79 Å². The molecule has 19 heavy (non-hydrogen) atoms. The fourth-order valence-electron chi connectivity index (χ4n) is 2.20. The lowest BCUT2D eigenvalue weighted by molar-refractivity contribution is 0.0868. The number of hydrogen-bond donors (Lipinski definition) is 2. The molecule has 0 radical (unpaired) electrons. The maximum atomic E-state index is 11.9. The Balaban J connectivity index is 1.91. The second kappa shape index (κ2) is 6.26. The lowest BCUT2D eigenvalue weighted by atomic mass is 10.1. The van der Waals surface area contributed by atoms with Crippen LogP contribution in [0.4, 0.5) is 10.5 Å². The number of ether oxygens (including phenoxy) is 1. The summed E-state index contributed by atoms with van der Waals surface area (Å²) in [5, 5.41) is 6.36. The van der Waals surface area contributed by atoms with Crippen molar-refractivity contribution in [2.24, 2.45) is 0 Å². The van der Waals surface area contributed by atoms with Crippen LogP contribution in [0, 0.1) is 6.92 Å². The molecule has 0 bridgehead atoms. The molecule has 1 aromatic rings. The van der Waals surface area contributed by atoms with Crippen molar-refractivity contribution in [1.82, 2.24) is 5.32 Å². The van der Waals surface area contributed by atoms with Crippen LogP contribution >= 0.6 is 11.6 Å². The molecule has 1 aromatic carbocycles. The van der Waals surface area contributed by atoms with Crippen molar-refractivity contribution < 1.29 is 9.53 Å². The van der Waals surface area contributed by atoms with E-state index in [0.717, 1.165) is 30.7 Å². The van der Waals surface area contributed by atoms with E-state index in [4.69, 9.17) is 16.3 Å². The van der Waals surface area contributed by atoms with E-state index in [1.54, 1.807) is 6.07 Å². The van der Waals surface area contributed by atoms with Crippen LogP contribution in [0.1, 0.15) is 25.3 Å². The Hall–Kier alpha value is -1.26. The topological polar surface area (TPSA) is 50.4 Å². The minimum absolute atomic E-state index is 0.00184. The van der Waals surface area contributed by atoms with Crippen LogP contribution < -0.4 is 10.6 Å². The van der Waals surface area contributed by atoms with Crippen molar-refractivity contribution in [2.75, 3.05) is 11.9 Å². The predicted octanol–water partition coefficient (Wildman–Crippen LogP) is 3.34. The third-order valence-corrected chi connectivity index (χ3v) is 3.81. The van der Waals surface area contributed by atoms with Gasteiger partial charge in [0.05, 0.1) is 12.1 Å². The van der Waals surface area contributed by atoms with Crippen molar-refractivity contribution in [1.29, 1.82) is 0 Å². The van der Waals surface area contributed by atoms with Crippen LogP contribution in [-0.2, 0) is 4.74 Å². The van der Waals surface area contributed by atoms with E-state index in [-0.39, 0.29) is 18.2 Å². The van der Waals surface area contributed by atoms with Crippen LogP contribution in [0.15, 0.2) is 18.2 Å². The van der Waals surface area contributed by atoms with Gasteiger partial charge in [-0.05, 0) is 44.4 Å². The molecule has 4 nitrogen and oxygen atoms in total. The number of amides is 2. The van der Waals surface area contributed by atoms with E-state index >= 15 is 0 Å². The van der Waals surface area contributed by atoms with Gasteiger partial charge in [0.1, 0.15) is 0 Å². The molecular formula is C14H19ClN2O2. The minimum atomic E-state index is -0.228. The molecule has 104 valence electrons. The number of carbonyl (C=O) groups excluding carboxylic acids is 1. The average molecular weight is 283 g/mol. The number of nitrogens with one attached hydrogen (secondary N) is 2. The van der Waals surface area contributed by atoms with Crippen molar-refractivity contribution in [2.45, 2.75) is 38.8 Å². The molecule has 1 aliphatic heterocycles. The largest absolute Gasteiger partial charge is 0.376 e. The standard InChI is InChI=1S/C14H19ClN2O2/c1-9-11(15)5-3-6-12(9)17-14(18)16-10(2)13-7-4-8-19-13/h3,5-6,10,13H,4,7-8H2,1-2H3,(H2,16,17,18)/t10-,13-/m0/s1. The Labute approximate surface area is 118 Å². The summed E-state index contributed by atoms with van der Waals surface area (Å²) in [7, 11) is 0. The first-order valence-electron chi connectivity index (χ1n) is 6.52. The minimum Gasteiger partial charge on any atom is -0.376 e. The van der Waals surface area contributed by atoms with Crippen LogP contribution in [0.3, 0.4) is 0 Å². The highest BCUT2D eigenvalue weighted by Gasteiger charge is 2.23. The molecule has 2 amide bonds. The normalized spacial score (nSPS) is 20.1. The molecule has 0 spiro atoms. The number of halogens is 1. The molecular weight excluding hydrogens is 264 g/mol. The molecule has 0 saturated carbocycles. The summed E-state index contributed by atoms with van der Waals surface area (Å²) in [6.07, 6.45) is 2.18. The Bertz CT molecular complexity index is 459. The van der Waals surface area contributed by atoms with Gasteiger partial charge in [-0.3, -0.25) is 0 Å². The van der Waals surface area contributed by atoms with Gasteiger partial charge in [-0.15, -0.1) is 0 Å². The molecule has 0 aliphatic carbocycles. The summed E-state index contributed by atoms with van der Waals surface area (Å²) in [4.78, 5) is 11.9. The number of anilines is 1. The van der Waals surface area contributed by atoms with Crippen molar-refractivity contribution in [3.63, 3.8) is 0 Å². The highest BCUT2D eigenvalue weighted by molar-refractivity contribution is 6.31. The quantitative estimate of drug-likeness (QED) is 0.893. The monoisotopic (exact) mass is 282 g/mol. The maximum absolute atomic E-state index is 11.9. The highest BCUT2D eigenvalue weighted by Crippen LogP contribution is 2.23. The summed E-state index contributed by atoms with van der Waals surface area (Å²) in [6, 6.07) is 5.22. The number of hydrogen-bond acceptors (Lipinski definition) is 2. The highest BCUT2D eigenvalue weighted by atomic mass is 35.5. The van der Waals surface area contributed by atoms with Crippen LogP contribution in [0.25, 0.3) is 0 Å². The van der Waals surface area contributed by atoms with E-state index in [1.165, 1.54) is 0 Å². The van der Waals surface area contributed by atoms with Gasteiger partial charge >= 0.3 is 6.03 Å². The Kier molecular flexibility index (Phi) is 4.66. The van der Waals surface area contributed by atoms with Gasteiger partial charge in [-0.1, -0.05) is 17.7 Å². The summed E-state index contributed by atoms with van der Waals surface area (Å²) in [6.45, 7) is 4.62. The number of rotatable bonds is 3. The molecule has 0 aromatic heterocycles. The van der Waals surface area contributed by atoms with Gasteiger partial charge in [0.2, 0.25) is 0 Å². The fraction of sp³-hybridized carbons (Fsp3) is 0.500. The molecule has 2 N–H and O–H groups in total. The van der Waals surface area contributed by atoms with E-state index in [9.17, 15) is 4.79 Å². The van der Waals surface area contributed by atoms with Crippen molar-refractivity contribution >= 4 is 23.3 Å². The molecule has 1 heterocycles.